The van der Waals surface area contributed by atoms with Crippen LogP contribution in [0.2, 0.25) is 0 Å². The normalized spacial score (nSPS) is 11.5. The molecule has 0 radical (unpaired) electrons. The minimum atomic E-state index is -0.435. The first-order chi connectivity index (χ1) is 10.2. The van der Waals surface area contributed by atoms with E-state index in [1.165, 1.54) is 20.4 Å². The van der Waals surface area contributed by atoms with Crippen molar-refractivity contribution < 1.29 is 18.7 Å². The second-order valence-electron chi connectivity index (χ2n) is 3.60. The second kappa shape index (κ2) is 9.78. The van der Waals surface area contributed by atoms with E-state index in [1.807, 2.05) is 12.1 Å². The van der Waals surface area contributed by atoms with E-state index in [9.17, 15) is 4.79 Å². The minimum Gasteiger partial charge on any atom is -0.398 e. The fraction of sp³-hybridized carbons (Fsp3) is 0.308. The molecule has 1 amide bonds. The van der Waals surface area contributed by atoms with Gasteiger partial charge >= 0.3 is 0 Å². The number of carbonyl (C=O) groups excluding carboxylic acids is 1. The van der Waals surface area contributed by atoms with Gasteiger partial charge in [-0.3, -0.25) is 9.52 Å². The SMILES string of the molecule is C/C=N\OCc1ccccc1/C(=N\OC)C(=O)NSOC. The van der Waals surface area contributed by atoms with Gasteiger partial charge in [0.05, 0.1) is 7.11 Å². The van der Waals surface area contributed by atoms with Crippen molar-refractivity contribution in [3.63, 3.8) is 0 Å². The summed E-state index contributed by atoms with van der Waals surface area (Å²) >= 11 is 0.802. The first-order valence-electron chi connectivity index (χ1n) is 6.04. The Kier molecular flexibility index (Phi) is 7.92. The van der Waals surface area contributed by atoms with Crippen molar-refractivity contribution in [2.45, 2.75) is 13.5 Å². The quantitative estimate of drug-likeness (QED) is 0.343. The van der Waals surface area contributed by atoms with Crippen LogP contribution < -0.4 is 4.72 Å². The summed E-state index contributed by atoms with van der Waals surface area (Å²) in [6.45, 7) is 1.97. The van der Waals surface area contributed by atoms with Gasteiger partial charge in [-0.2, -0.15) is 0 Å². The summed E-state index contributed by atoms with van der Waals surface area (Å²) < 4.78 is 7.22. The van der Waals surface area contributed by atoms with Gasteiger partial charge in [0.2, 0.25) is 0 Å². The molecule has 21 heavy (non-hydrogen) atoms. The summed E-state index contributed by atoms with van der Waals surface area (Å²) in [5.41, 5.74) is 1.48. The molecule has 0 aliphatic rings. The Balaban J connectivity index is 3.02. The molecular weight excluding hydrogens is 294 g/mol. The highest BCUT2D eigenvalue weighted by molar-refractivity contribution is 7.93. The standard InChI is InChI=1S/C13H17N3O4S/c1-4-14-20-9-10-7-5-6-8-11(10)12(15-18-2)13(17)16-21-19-3/h4-8H,9H2,1-3H3,(H,16,17)/b14-4-,15-12+. The van der Waals surface area contributed by atoms with Crippen molar-refractivity contribution >= 4 is 30.1 Å². The lowest BCUT2D eigenvalue weighted by Gasteiger charge is -2.10. The molecule has 0 heterocycles. The number of amides is 1. The van der Waals surface area contributed by atoms with Gasteiger partial charge in [-0.25, -0.2) is 0 Å². The Morgan fingerprint density at radius 3 is 2.81 bits per heavy atom. The molecule has 1 N–H and O–H groups in total. The first kappa shape index (κ1) is 17.0. The highest BCUT2D eigenvalue weighted by Gasteiger charge is 2.18. The highest BCUT2D eigenvalue weighted by atomic mass is 32.2. The Bertz CT molecular complexity index is 520. The van der Waals surface area contributed by atoms with Crippen LogP contribution in [-0.4, -0.2) is 32.1 Å². The van der Waals surface area contributed by atoms with E-state index in [4.69, 9.17) is 13.9 Å². The fourth-order valence-corrected chi connectivity index (χ4v) is 1.75. The molecule has 8 heteroatoms. The number of hydrogen-bond acceptors (Lipinski definition) is 7. The maximum absolute atomic E-state index is 12.1. The lowest BCUT2D eigenvalue weighted by atomic mass is 10.0. The van der Waals surface area contributed by atoms with Crippen molar-refractivity contribution in [2.75, 3.05) is 14.2 Å². The minimum absolute atomic E-state index is 0.127. The zero-order chi connectivity index (χ0) is 15.5. The number of nitrogens with one attached hydrogen (secondary N) is 1. The van der Waals surface area contributed by atoms with E-state index in [0.717, 1.165) is 17.8 Å². The topological polar surface area (TPSA) is 81.5 Å². The van der Waals surface area contributed by atoms with Crippen molar-refractivity contribution in [1.29, 1.82) is 0 Å². The first-order valence-corrected chi connectivity index (χ1v) is 6.78. The molecule has 0 bridgehead atoms. The van der Waals surface area contributed by atoms with Crippen molar-refractivity contribution in [1.82, 2.24) is 4.72 Å². The maximum atomic E-state index is 12.1. The number of hydrogen-bond donors (Lipinski definition) is 1. The van der Waals surface area contributed by atoms with Crippen molar-refractivity contribution in [3.05, 3.63) is 35.4 Å². The van der Waals surface area contributed by atoms with Crippen LogP contribution in [0.4, 0.5) is 0 Å². The molecule has 7 nitrogen and oxygen atoms in total. The summed E-state index contributed by atoms with van der Waals surface area (Å²) in [4.78, 5) is 21.9. The molecule has 1 aromatic rings. The molecule has 0 saturated heterocycles. The third-order valence-corrected chi connectivity index (χ3v) is 2.72. The van der Waals surface area contributed by atoms with Gasteiger partial charge in [0.15, 0.2) is 5.71 Å². The van der Waals surface area contributed by atoms with Gasteiger partial charge in [0.1, 0.15) is 25.9 Å². The predicted octanol–water partition coefficient (Wildman–Crippen LogP) is 1.89. The van der Waals surface area contributed by atoms with Gasteiger partial charge in [-0.05, 0) is 6.92 Å². The summed E-state index contributed by atoms with van der Waals surface area (Å²) in [6.07, 6.45) is 1.54. The van der Waals surface area contributed by atoms with E-state index in [-0.39, 0.29) is 12.3 Å². The highest BCUT2D eigenvalue weighted by Crippen LogP contribution is 2.13. The summed E-state index contributed by atoms with van der Waals surface area (Å²) in [6, 6.07) is 7.21. The van der Waals surface area contributed by atoms with Crippen molar-refractivity contribution in [2.24, 2.45) is 10.3 Å². The number of nitrogens with zero attached hydrogens (tertiary/aromatic N) is 2. The van der Waals surface area contributed by atoms with E-state index >= 15 is 0 Å². The molecule has 0 aliphatic carbocycles. The number of oxime groups is 2. The summed E-state index contributed by atoms with van der Waals surface area (Å²) in [5.74, 6) is -0.435. The van der Waals surface area contributed by atoms with E-state index in [1.54, 1.807) is 19.1 Å². The van der Waals surface area contributed by atoms with Crippen LogP contribution in [-0.2, 0) is 25.3 Å². The zero-order valence-corrected chi connectivity index (χ0v) is 12.8. The van der Waals surface area contributed by atoms with E-state index in [2.05, 4.69) is 15.0 Å². The second-order valence-corrected chi connectivity index (χ2v) is 4.30. The van der Waals surface area contributed by atoms with Crippen LogP contribution in [0, 0.1) is 0 Å². The monoisotopic (exact) mass is 311 g/mol. The molecule has 114 valence electrons. The molecule has 0 aromatic heterocycles. The van der Waals surface area contributed by atoms with E-state index in [0.29, 0.717) is 5.56 Å². The predicted molar refractivity (Wildman–Crippen MR) is 81.7 cm³/mol. The number of benzene rings is 1. The molecule has 0 saturated carbocycles. The Morgan fingerprint density at radius 2 is 2.14 bits per heavy atom. The van der Waals surface area contributed by atoms with Crippen LogP contribution in [0.15, 0.2) is 34.6 Å². The molecule has 0 unspecified atom stereocenters. The molecule has 1 rings (SSSR count). The third-order valence-electron chi connectivity index (χ3n) is 2.29. The van der Waals surface area contributed by atoms with Gasteiger partial charge in [-0.15, -0.1) is 0 Å². The third kappa shape index (κ3) is 5.44. The largest absolute Gasteiger partial charge is 0.398 e. The van der Waals surface area contributed by atoms with Crippen LogP contribution in [0.25, 0.3) is 0 Å². The Labute approximate surface area is 127 Å². The molecule has 0 atom stereocenters. The molecule has 0 fully saturated rings. The van der Waals surface area contributed by atoms with Crippen LogP contribution in [0.5, 0.6) is 0 Å². The number of rotatable bonds is 8. The lowest BCUT2D eigenvalue weighted by molar-refractivity contribution is -0.113. The van der Waals surface area contributed by atoms with E-state index < -0.39 is 5.91 Å². The zero-order valence-electron chi connectivity index (χ0n) is 12.0. The fourth-order valence-electron chi connectivity index (χ4n) is 1.49. The average molecular weight is 311 g/mol. The Hall–Kier alpha value is -2.06. The molecular formula is C13H17N3O4S. The molecule has 0 aliphatic heterocycles. The van der Waals surface area contributed by atoms with Crippen molar-refractivity contribution in [3.8, 4) is 0 Å². The van der Waals surface area contributed by atoms with Gasteiger partial charge in [0.25, 0.3) is 5.91 Å². The van der Waals surface area contributed by atoms with Gasteiger partial charge < -0.3 is 13.9 Å². The maximum Gasteiger partial charge on any atom is 0.285 e. The van der Waals surface area contributed by atoms with Crippen LogP contribution >= 0.6 is 12.2 Å². The summed E-state index contributed by atoms with van der Waals surface area (Å²) in [5, 5.41) is 7.47. The van der Waals surface area contributed by atoms with Gasteiger partial charge in [-0.1, -0.05) is 34.6 Å². The van der Waals surface area contributed by atoms with Crippen LogP contribution in [0.1, 0.15) is 18.1 Å². The smallest absolute Gasteiger partial charge is 0.285 e. The molecule has 0 spiro atoms. The average Bonchev–Trinajstić information content (AvgIpc) is 2.51. The van der Waals surface area contributed by atoms with Crippen LogP contribution in [0.3, 0.4) is 0 Å². The summed E-state index contributed by atoms with van der Waals surface area (Å²) in [7, 11) is 2.82. The lowest BCUT2D eigenvalue weighted by Crippen LogP contribution is -2.28. The Morgan fingerprint density at radius 1 is 1.38 bits per heavy atom. The molecule has 1 aromatic carbocycles. The van der Waals surface area contributed by atoms with Gasteiger partial charge in [0, 0.05) is 17.3 Å². The number of carbonyl (C=O) groups is 1.